The smallest absolute Gasteiger partial charge is 0.418 e. The van der Waals surface area contributed by atoms with Crippen molar-refractivity contribution in [3.63, 3.8) is 0 Å². The number of nitro groups is 1. The van der Waals surface area contributed by atoms with Crippen LogP contribution in [0.25, 0.3) is 17.0 Å². The first kappa shape index (κ1) is 22.2. The molecule has 0 aliphatic carbocycles. The predicted octanol–water partition coefficient (Wildman–Crippen LogP) is 5.25. The quantitative estimate of drug-likeness (QED) is 0.107. The minimum Gasteiger partial charge on any atom is -0.418 e. The average molecular weight is 450 g/mol. The molecule has 160 valence electrons. The van der Waals surface area contributed by atoms with Gasteiger partial charge in [0.05, 0.1) is 4.92 Å². The Kier molecular flexibility index (Phi) is 6.20. The summed E-state index contributed by atoms with van der Waals surface area (Å²) in [7, 11) is -6.00. The highest BCUT2D eigenvalue weighted by Gasteiger charge is 2.22. The Balaban J connectivity index is 0.000000491. The highest BCUT2D eigenvalue weighted by atomic mass is 32.1. The van der Waals surface area contributed by atoms with Crippen LogP contribution >= 0.6 is 12.2 Å². The molecule has 12 heteroatoms. The maximum Gasteiger partial charge on any atom is 0.673 e. The molecule has 2 heterocycles. The van der Waals surface area contributed by atoms with Crippen molar-refractivity contribution in [3.05, 3.63) is 93.4 Å². The molecule has 0 unspecified atom stereocenters. The predicted molar refractivity (Wildman–Crippen MR) is 111 cm³/mol. The number of non-ortho nitro benzene ring substituents is 1. The normalized spacial score (nSPS) is 11.1. The van der Waals surface area contributed by atoms with Crippen LogP contribution in [-0.4, -0.2) is 21.4 Å². The summed E-state index contributed by atoms with van der Waals surface area (Å²) in [6.45, 7) is 2.04. The van der Waals surface area contributed by atoms with E-state index in [0.717, 1.165) is 17.0 Å². The molecule has 0 bridgehead atoms. The maximum atomic E-state index is 10.9. The summed E-state index contributed by atoms with van der Waals surface area (Å²) in [5.74, 6) is 0. The van der Waals surface area contributed by atoms with Gasteiger partial charge < -0.3 is 17.3 Å². The Morgan fingerprint density at radius 1 is 0.968 bits per heavy atom. The largest absolute Gasteiger partial charge is 0.673 e. The first-order valence-corrected chi connectivity index (χ1v) is 9.31. The molecule has 0 saturated heterocycles. The fourth-order valence-corrected chi connectivity index (χ4v) is 3.34. The van der Waals surface area contributed by atoms with E-state index in [9.17, 15) is 27.4 Å². The lowest BCUT2D eigenvalue weighted by molar-refractivity contribution is -0.576. The lowest BCUT2D eigenvalue weighted by Crippen LogP contribution is -2.31. The number of aromatic nitrogens is 3. The fourth-order valence-electron chi connectivity index (χ4n) is 2.94. The Morgan fingerprint density at radius 2 is 1.55 bits per heavy atom. The van der Waals surface area contributed by atoms with Crippen LogP contribution in [0.2, 0.25) is 0 Å². The van der Waals surface area contributed by atoms with E-state index in [4.69, 9.17) is 12.2 Å². The van der Waals surface area contributed by atoms with Gasteiger partial charge in [0.2, 0.25) is 0 Å². The zero-order valence-electron chi connectivity index (χ0n) is 16.0. The minimum absolute atomic E-state index is 0.0511. The third-order valence-corrected chi connectivity index (χ3v) is 4.59. The van der Waals surface area contributed by atoms with E-state index < -0.39 is 12.2 Å². The first-order chi connectivity index (χ1) is 14.6. The monoisotopic (exact) mass is 450 g/mol. The molecule has 0 atom stereocenters. The van der Waals surface area contributed by atoms with Crippen molar-refractivity contribution in [2.75, 3.05) is 0 Å². The average Bonchev–Trinajstić information content (AvgIpc) is 2.99. The van der Waals surface area contributed by atoms with Crippen molar-refractivity contribution < 1.29 is 26.8 Å². The van der Waals surface area contributed by atoms with E-state index in [2.05, 4.69) is 0 Å². The second-order valence-corrected chi connectivity index (χ2v) is 6.80. The van der Waals surface area contributed by atoms with E-state index in [1.807, 2.05) is 69.3 Å². The number of pyridine rings is 1. The molecule has 4 rings (SSSR count). The van der Waals surface area contributed by atoms with Crippen molar-refractivity contribution in [1.29, 1.82) is 0 Å². The van der Waals surface area contributed by atoms with Crippen molar-refractivity contribution in [2.24, 2.45) is 0 Å². The highest BCUT2D eigenvalue weighted by molar-refractivity contribution is 7.71. The highest BCUT2D eigenvalue weighted by Crippen LogP contribution is 2.16. The number of aryl methyl sites for hydroxylation is 1. The van der Waals surface area contributed by atoms with Crippen molar-refractivity contribution >= 4 is 30.8 Å². The SMILES string of the molecule is Cc1ccc(-n2c(=S)[n+](-c3ccc([N+](=O)[O-])cc3)c3ccccn32)cc1.F[B-](F)(F)F. The summed E-state index contributed by atoms with van der Waals surface area (Å²) in [4.78, 5) is 10.5. The third-order valence-electron chi connectivity index (χ3n) is 4.23. The third kappa shape index (κ3) is 5.15. The molecule has 0 amide bonds. The van der Waals surface area contributed by atoms with Gasteiger partial charge in [0.1, 0.15) is 17.6 Å². The molecular formula is C19H15BF4N4O2S. The molecule has 0 spiro atoms. The number of nitrogens with zero attached hydrogens (tertiary/aromatic N) is 4. The number of fused-ring (bicyclic) bond motifs is 1. The van der Waals surface area contributed by atoms with Crippen LogP contribution in [-0.2, 0) is 0 Å². The Morgan fingerprint density at radius 3 is 2.10 bits per heavy atom. The molecule has 0 radical (unpaired) electrons. The molecule has 2 aromatic heterocycles. The van der Waals surface area contributed by atoms with E-state index >= 15 is 0 Å². The molecular weight excluding hydrogens is 435 g/mol. The molecule has 31 heavy (non-hydrogen) atoms. The topological polar surface area (TPSA) is 56.4 Å². The summed E-state index contributed by atoms with van der Waals surface area (Å²) in [6, 6.07) is 20.3. The molecule has 4 aromatic rings. The fraction of sp³-hybridized carbons (Fsp3) is 0.0526. The molecule has 0 saturated carbocycles. The molecule has 0 aliphatic rings. The minimum atomic E-state index is -6.00. The number of hydrogen-bond donors (Lipinski definition) is 0. The van der Waals surface area contributed by atoms with Crippen LogP contribution in [0.4, 0.5) is 23.0 Å². The first-order valence-electron chi connectivity index (χ1n) is 8.90. The standard InChI is InChI=1S/C19H15N4O2S.BF4/c1-14-5-7-16(8-6-14)22-19(26)21(18-4-2-3-13-20(18)22)15-9-11-17(12-10-15)23(24)25;2-1(3,4)5/h2-13H,1H3;/q+1;-1. The second kappa shape index (κ2) is 8.68. The number of rotatable bonds is 3. The van der Waals surface area contributed by atoms with Crippen molar-refractivity contribution in [2.45, 2.75) is 6.92 Å². The van der Waals surface area contributed by atoms with Crippen LogP contribution in [0.5, 0.6) is 0 Å². The summed E-state index contributed by atoms with van der Waals surface area (Å²) >= 11 is 5.75. The lowest BCUT2D eigenvalue weighted by Gasteiger charge is -1.98. The van der Waals surface area contributed by atoms with E-state index in [1.165, 1.54) is 17.7 Å². The molecule has 6 nitrogen and oxygen atoms in total. The van der Waals surface area contributed by atoms with Crippen molar-refractivity contribution in [3.8, 4) is 11.4 Å². The molecule has 2 aromatic carbocycles. The molecule has 0 aliphatic heterocycles. The van der Waals surface area contributed by atoms with Gasteiger partial charge >= 0.3 is 12.0 Å². The van der Waals surface area contributed by atoms with Crippen LogP contribution in [0.1, 0.15) is 5.56 Å². The van der Waals surface area contributed by atoms with Gasteiger partial charge in [0, 0.05) is 18.2 Å². The van der Waals surface area contributed by atoms with Gasteiger partial charge in [-0.05, 0) is 49.5 Å². The summed E-state index contributed by atoms with van der Waals surface area (Å²) in [6.07, 6.45) is 1.94. The van der Waals surface area contributed by atoms with Gasteiger partial charge in [-0.2, -0.15) is 4.57 Å². The molecule has 0 N–H and O–H groups in total. The number of benzene rings is 2. The maximum absolute atomic E-state index is 10.9. The number of halogens is 4. The van der Waals surface area contributed by atoms with Crippen LogP contribution in [0, 0.1) is 21.8 Å². The summed E-state index contributed by atoms with van der Waals surface area (Å²) < 4.78 is 45.4. The number of hydrogen-bond acceptors (Lipinski definition) is 3. The Labute approximate surface area is 178 Å². The second-order valence-electron chi connectivity index (χ2n) is 6.44. The van der Waals surface area contributed by atoms with Gasteiger partial charge in [0.15, 0.2) is 0 Å². The van der Waals surface area contributed by atoms with Gasteiger partial charge in [-0.25, -0.2) is 0 Å². The van der Waals surface area contributed by atoms with Gasteiger partial charge in [0.25, 0.3) is 11.3 Å². The summed E-state index contributed by atoms with van der Waals surface area (Å²) in [5.41, 5.74) is 3.81. The summed E-state index contributed by atoms with van der Waals surface area (Å²) in [5, 5.41) is 10.9. The van der Waals surface area contributed by atoms with Crippen LogP contribution in [0.15, 0.2) is 72.9 Å². The van der Waals surface area contributed by atoms with Crippen LogP contribution in [0.3, 0.4) is 0 Å². The van der Waals surface area contributed by atoms with Crippen LogP contribution < -0.4 is 4.57 Å². The van der Waals surface area contributed by atoms with E-state index in [1.54, 1.807) is 12.1 Å². The van der Waals surface area contributed by atoms with E-state index in [0.29, 0.717) is 4.77 Å². The molecule has 0 fully saturated rings. The number of nitro benzene ring substituents is 1. The van der Waals surface area contributed by atoms with Gasteiger partial charge in [-0.3, -0.25) is 10.1 Å². The van der Waals surface area contributed by atoms with Gasteiger partial charge in [-0.1, -0.05) is 28.4 Å². The van der Waals surface area contributed by atoms with E-state index in [-0.39, 0.29) is 5.69 Å². The Bertz CT molecular complexity index is 1280. The zero-order chi connectivity index (χ0) is 22.8. The van der Waals surface area contributed by atoms with Crippen molar-refractivity contribution in [1.82, 2.24) is 9.20 Å². The van der Waals surface area contributed by atoms with Gasteiger partial charge in [-0.15, -0.1) is 4.52 Å². The zero-order valence-corrected chi connectivity index (χ0v) is 16.8. The lowest BCUT2D eigenvalue weighted by atomic mass is 10.2. The Hall–Kier alpha value is -3.54.